The molecule has 1 aliphatic heterocycles. The third kappa shape index (κ3) is 2.91. The topological polar surface area (TPSA) is 85.4 Å². The standard InChI is InChI=1S/C20H20FN3O2S2/c1-19(2)17(22)24-20(3,11-28(19,25)26)18-23-15-9-6-13(10-16(15)27-18)12-4-7-14(21)8-5-12/h4-10H,11H2,1-3H3,(H2,22,24). The van der Waals surface area contributed by atoms with Crippen LogP contribution in [0, 0.1) is 5.82 Å². The Bertz CT molecular complexity index is 1210. The third-order valence-corrected chi connectivity index (χ3v) is 9.24. The number of nitrogens with two attached hydrogens (primary N) is 1. The number of fused-ring (bicyclic) bond motifs is 1. The molecule has 0 saturated carbocycles. The van der Waals surface area contributed by atoms with Crippen molar-refractivity contribution in [3.63, 3.8) is 0 Å². The Morgan fingerprint density at radius 3 is 2.36 bits per heavy atom. The number of sulfone groups is 1. The number of aliphatic imine (C=N–C) groups is 1. The number of halogens is 1. The smallest absolute Gasteiger partial charge is 0.165 e. The lowest BCUT2D eigenvalue weighted by atomic mass is 10.0. The highest BCUT2D eigenvalue weighted by molar-refractivity contribution is 7.93. The maximum absolute atomic E-state index is 13.2. The molecular formula is C20H20FN3O2S2. The normalized spacial score (nSPS) is 23.5. The van der Waals surface area contributed by atoms with Crippen LogP contribution in [0.15, 0.2) is 47.5 Å². The van der Waals surface area contributed by atoms with E-state index in [2.05, 4.69) is 9.98 Å². The molecule has 0 amide bonds. The Labute approximate surface area is 167 Å². The van der Waals surface area contributed by atoms with Crippen LogP contribution in [0.4, 0.5) is 4.39 Å². The van der Waals surface area contributed by atoms with E-state index in [9.17, 15) is 12.8 Å². The summed E-state index contributed by atoms with van der Waals surface area (Å²) in [4.78, 5) is 9.18. The first kappa shape index (κ1) is 19.0. The van der Waals surface area contributed by atoms with Gasteiger partial charge in [-0.15, -0.1) is 11.3 Å². The van der Waals surface area contributed by atoms with Crippen LogP contribution in [0.2, 0.25) is 0 Å². The van der Waals surface area contributed by atoms with E-state index in [4.69, 9.17) is 5.73 Å². The lowest BCUT2D eigenvalue weighted by Crippen LogP contribution is -2.54. The summed E-state index contributed by atoms with van der Waals surface area (Å²) in [6.45, 7) is 4.91. The molecule has 0 spiro atoms. The molecule has 0 radical (unpaired) electrons. The zero-order valence-corrected chi connectivity index (χ0v) is 17.4. The van der Waals surface area contributed by atoms with Gasteiger partial charge in [-0.3, -0.25) is 4.99 Å². The van der Waals surface area contributed by atoms with Crippen LogP contribution in [-0.4, -0.2) is 29.7 Å². The maximum Gasteiger partial charge on any atom is 0.165 e. The highest BCUT2D eigenvalue weighted by Crippen LogP contribution is 2.40. The van der Waals surface area contributed by atoms with Crippen molar-refractivity contribution in [2.24, 2.45) is 10.7 Å². The fourth-order valence-corrected chi connectivity index (χ4v) is 6.08. The molecule has 1 unspecified atom stereocenters. The summed E-state index contributed by atoms with van der Waals surface area (Å²) in [6, 6.07) is 12.1. The number of hydrogen-bond acceptors (Lipinski definition) is 6. The molecule has 2 heterocycles. The third-order valence-electron chi connectivity index (χ3n) is 5.26. The van der Waals surface area contributed by atoms with Crippen molar-refractivity contribution in [1.82, 2.24) is 4.98 Å². The molecule has 2 aromatic carbocycles. The molecule has 1 atom stereocenters. The Morgan fingerprint density at radius 1 is 1.07 bits per heavy atom. The van der Waals surface area contributed by atoms with Crippen LogP contribution < -0.4 is 5.73 Å². The Kier molecular flexibility index (Phi) is 4.13. The summed E-state index contributed by atoms with van der Waals surface area (Å²) in [6.07, 6.45) is 0. The molecule has 3 aromatic rings. The van der Waals surface area contributed by atoms with Gasteiger partial charge in [0, 0.05) is 0 Å². The SMILES string of the molecule is CC1(c2nc3ccc(-c4ccc(F)cc4)cc3s2)CS(=O)(=O)C(C)(C)C(N)=N1. The largest absolute Gasteiger partial charge is 0.386 e. The van der Waals surface area contributed by atoms with E-state index in [1.54, 1.807) is 32.9 Å². The van der Waals surface area contributed by atoms with Crippen molar-refractivity contribution in [2.75, 3.05) is 5.75 Å². The van der Waals surface area contributed by atoms with Crippen LogP contribution in [0.25, 0.3) is 21.3 Å². The first-order valence-corrected chi connectivity index (χ1v) is 11.2. The number of nitrogens with zero attached hydrogens (tertiary/aromatic N) is 2. The van der Waals surface area contributed by atoms with Gasteiger partial charge in [-0.25, -0.2) is 17.8 Å². The molecule has 1 aromatic heterocycles. The van der Waals surface area contributed by atoms with Gasteiger partial charge in [0.05, 0.1) is 16.0 Å². The van der Waals surface area contributed by atoms with Gasteiger partial charge in [-0.2, -0.15) is 0 Å². The first-order chi connectivity index (χ1) is 13.0. The van der Waals surface area contributed by atoms with Crippen LogP contribution in [-0.2, 0) is 15.4 Å². The van der Waals surface area contributed by atoms with Gasteiger partial charge >= 0.3 is 0 Å². The Hall–Kier alpha value is -2.32. The zero-order chi connectivity index (χ0) is 20.3. The van der Waals surface area contributed by atoms with Gasteiger partial charge in [0.1, 0.15) is 26.9 Å². The summed E-state index contributed by atoms with van der Waals surface area (Å²) in [5, 5.41) is 0.612. The van der Waals surface area contributed by atoms with Gasteiger partial charge in [0.15, 0.2) is 9.84 Å². The molecule has 0 saturated heterocycles. The number of rotatable bonds is 2. The number of aromatic nitrogens is 1. The van der Waals surface area contributed by atoms with E-state index in [0.717, 1.165) is 21.3 Å². The lowest BCUT2D eigenvalue weighted by Gasteiger charge is -2.36. The van der Waals surface area contributed by atoms with Crippen LogP contribution in [0.5, 0.6) is 0 Å². The minimum absolute atomic E-state index is 0.104. The van der Waals surface area contributed by atoms with E-state index in [1.807, 2.05) is 18.2 Å². The van der Waals surface area contributed by atoms with Gasteiger partial charge in [0.25, 0.3) is 0 Å². The molecule has 4 rings (SSSR count). The zero-order valence-electron chi connectivity index (χ0n) is 15.7. The fraction of sp³-hybridized carbons (Fsp3) is 0.300. The molecular weight excluding hydrogens is 397 g/mol. The van der Waals surface area contributed by atoms with Crippen LogP contribution >= 0.6 is 11.3 Å². The van der Waals surface area contributed by atoms with Crippen molar-refractivity contribution in [3.05, 3.63) is 53.3 Å². The number of hydrogen-bond donors (Lipinski definition) is 1. The van der Waals surface area contributed by atoms with Crippen molar-refractivity contribution >= 4 is 37.2 Å². The average molecular weight is 418 g/mol. The number of benzene rings is 2. The minimum Gasteiger partial charge on any atom is -0.386 e. The first-order valence-electron chi connectivity index (χ1n) is 8.77. The van der Waals surface area contributed by atoms with E-state index < -0.39 is 20.1 Å². The number of amidine groups is 1. The quantitative estimate of drug-likeness (QED) is 0.686. The molecule has 2 N–H and O–H groups in total. The van der Waals surface area contributed by atoms with Crippen molar-refractivity contribution in [1.29, 1.82) is 0 Å². The minimum atomic E-state index is -3.48. The van der Waals surface area contributed by atoms with E-state index in [-0.39, 0.29) is 17.4 Å². The van der Waals surface area contributed by atoms with Crippen molar-refractivity contribution < 1.29 is 12.8 Å². The summed E-state index contributed by atoms with van der Waals surface area (Å²) in [7, 11) is -3.48. The molecule has 0 bridgehead atoms. The van der Waals surface area contributed by atoms with E-state index in [1.165, 1.54) is 23.5 Å². The van der Waals surface area contributed by atoms with Gasteiger partial charge in [-0.05, 0) is 56.2 Å². The molecule has 28 heavy (non-hydrogen) atoms. The number of thiazole rings is 1. The Morgan fingerprint density at radius 2 is 1.71 bits per heavy atom. The Balaban J connectivity index is 1.80. The molecule has 5 nitrogen and oxygen atoms in total. The summed E-state index contributed by atoms with van der Waals surface area (Å²) < 4.78 is 38.4. The van der Waals surface area contributed by atoms with Gasteiger partial charge < -0.3 is 5.73 Å². The monoisotopic (exact) mass is 417 g/mol. The second kappa shape index (κ2) is 6.09. The van der Waals surface area contributed by atoms with E-state index in [0.29, 0.717) is 5.01 Å². The summed E-state index contributed by atoms with van der Waals surface area (Å²) in [5.74, 6) is -0.319. The molecule has 8 heteroatoms. The van der Waals surface area contributed by atoms with Gasteiger partial charge in [0.2, 0.25) is 0 Å². The summed E-state index contributed by atoms with van der Waals surface area (Å²) >= 11 is 1.41. The van der Waals surface area contributed by atoms with Crippen molar-refractivity contribution in [3.8, 4) is 11.1 Å². The summed E-state index contributed by atoms with van der Waals surface area (Å²) in [5.41, 5.74) is 7.61. The van der Waals surface area contributed by atoms with Gasteiger partial charge in [-0.1, -0.05) is 18.2 Å². The predicted molar refractivity (Wildman–Crippen MR) is 112 cm³/mol. The van der Waals surface area contributed by atoms with Crippen molar-refractivity contribution in [2.45, 2.75) is 31.1 Å². The second-order valence-electron chi connectivity index (χ2n) is 7.75. The highest BCUT2D eigenvalue weighted by atomic mass is 32.2. The average Bonchev–Trinajstić information content (AvgIpc) is 3.04. The second-order valence-corrected chi connectivity index (χ2v) is 11.3. The molecule has 146 valence electrons. The van der Waals surface area contributed by atoms with Crippen LogP contribution in [0.1, 0.15) is 25.8 Å². The lowest BCUT2D eigenvalue weighted by molar-refractivity contribution is 0.500. The highest BCUT2D eigenvalue weighted by Gasteiger charge is 2.49. The predicted octanol–water partition coefficient (Wildman–Crippen LogP) is 3.88. The molecule has 0 aliphatic carbocycles. The van der Waals surface area contributed by atoms with Crippen LogP contribution in [0.3, 0.4) is 0 Å². The van der Waals surface area contributed by atoms with E-state index >= 15 is 0 Å². The fourth-order valence-electron chi connectivity index (χ4n) is 3.23. The molecule has 0 fully saturated rings. The maximum atomic E-state index is 13.2. The molecule has 1 aliphatic rings.